The van der Waals surface area contributed by atoms with Gasteiger partial charge in [0.1, 0.15) is 5.69 Å². The molecule has 0 aliphatic carbocycles. The van der Waals surface area contributed by atoms with Crippen LogP contribution in [0.25, 0.3) is 22.2 Å². The Morgan fingerprint density at radius 3 is 2.71 bits per heavy atom. The zero-order valence-corrected chi connectivity index (χ0v) is 17.3. The van der Waals surface area contributed by atoms with Crippen LogP contribution in [-0.2, 0) is 11.3 Å². The zero-order chi connectivity index (χ0) is 21.0. The van der Waals surface area contributed by atoms with Gasteiger partial charge in [0.15, 0.2) is 0 Å². The summed E-state index contributed by atoms with van der Waals surface area (Å²) >= 11 is 0. The Hall–Kier alpha value is -3.42. The minimum Gasteiger partial charge on any atom is -0.379 e. The molecule has 2 aromatic carbocycles. The van der Waals surface area contributed by atoms with Crippen LogP contribution in [0.2, 0.25) is 0 Å². The molecule has 3 heterocycles. The van der Waals surface area contributed by atoms with E-state index in [2.05, 4.69) is 43.3 Å². The summed E-state index contributed by atoms with van der Waals surface area (Å²) in [6.45, 7) is 5.57. The van der Waals surface area contributed by atoms with Crippen molar-refractivity contribution in [1.29, 1.82) is 0 Å². The van der Waals surface area contributed by atoms with E-state index in [-0.39, 0.29) is 5.91 Å². The molecule has 7 nitrogen and oxygen atoms in total. The monoisotopic (exact) mass is 415 g/mol. The van der Waals surface area contributed by atoms with Gasteiger partial charge in [-0.3, -0.25) is 14.8 Å². The lowest BCUT2D eigenvalue weighted by Crippen LogP contribution is -2.38. The van der Waals surface area contributed by atoms with Crippen LogP contribution in [0, 0.1) is 0 Å². The first-order valence-corrected chi connectivity index (χ1v) is 10.6. The maximum absolute atomic E-state index is 12.7. The highest BCUT2D eigenvalue weighted by Gasteiger charge is 2.13. The Kier molecular flexibility index (Phi) is 5.52. The molecule has 1 aliphatic rings. The molecular weight excluding hydrogens is 390 g/mol. The third kappa shape index (κ3) is 4.38. The van der Waals surface area contributed by atoms with E-state index in [4.69, 9.17) is 4.74 Å². The van der Waals surface area contributed by atoms with Crippen molar-refractivity contribution in [2.24, 2.45) is 0 Å². The third-order valence-electron chi connectivity index (χ3n) is 5.68. The number of aromatic amines is 1. The van der Waals surface area contributed by atoms with E-state index in [0.29, 0.717) is 5.69 Å². The first-order chi connectivity index (χ1) is 15.3. The lowest BCUT2D eigenvalue weighted by molar-refractivity contribution is 0.0365. The van der Waals surface area contributed by atoms with E-state index in [0.717, 1.165) is 61.7 Å². The van der Waals surface area contributed by atoms with E-state index in [1.54, 1.807) is 6.07 Å². The standard InChI is InChI=1S/C24H25N5O2/c30-24(22-17-21(26-27-22)18-4-2-1-3-5-18)25-20-6-7-23-19(16-20)8-9-29(23)11-10-28-12-14-31-15-13-28/h1-9,16-17H,10-15H2,(H,25,30)(H,26,27). The number of morpholine rings is 1. The van der Waals surface area contributed by atoms with Crippen molar-refractivity contribution in [2.75, 3.05) is 38.2 Å². The van der Waals surface area contributed by atoms with Gasteiger partial charge in [-0.15, -0.1) is 0 Å². The van der Waals surface area contributed by atoms with Gasteiger partial charge in [-0.2, -0.15) is 5.10 Å². The fraction of sp³-hybridized carbons (Fsp3) is 0.250. The van der Waals surface area contributed by atoms with Gasteiger partial charge in [0.25, 0.3) is 5.91 Å². The molecule has 4 aromatic rings. The number of rotatable bonds is 6. The van der Waals surface area contributed by atoms with Crippen LogP contribution < -0.4 is 5.32 Å². The lowest BCUT2D eigenvalue weighted by atomic mass is 10.1. The molecule has 5 rings (SSSR count). The number of carbonyl (C=O) groups is 1. The minimum atomic E-state index is -0.208. The smallest absolute Gasteiger partial charge is 0.273 e. The average molecular weight is 415 g/mol. The molecule has 158 valence electrons. The van der Waals surface area contributed by atoms with Gasteiger partial charge in [-0.25, -0.2) is 0 Å². The predicted octanol–water partition coefficient (Wildman–Crippen LogP) is 3.62. The van der Waals surface area contributed by atoms with Gasteiger partial charge in [0.05, 0.1) is 18.9 Å². The quantitative estimate of drug-likeness (QED) is 0.504. The van der Waals surface area contributed by atoms with Crippen LogP contribution in [0.3, 0.4) is 0 Å². The molecular formula is C24H25N5O2. The van der Waals surface area contributed by atoms with E-state index in [9.17, 15) is 4.79 Å². The second-order valence-corrected chi connectivity index (χ2v) is 7.72. The van der Waals surface area contributed by atoms with Crippen LogP contribution in [0.15, 0.2) is 66.9 Å². The number of aromatic nitrogens is 3. The summed E-state index contributed by atoms with van der Waals surface area (Å²) in [6, 6.07) is 19.7. The molecule has 0 unspecified atom stereocenters. The van der Waals surface area contributed by atoms with Crippen LogP contribution in [0.4, 0.5) is 5.69 Å². The van der Waals surface area contributed by atoms with E-state index < -0.39 is 0 Å². The van der Waals surface area contributed by atoms with Crippen molar-refractivity contribution in [1.82, 2.24) is 19.7 Å². The molecule has 1 aliphatic heterocycles. The summed E-state index contributed by atoms with van der Waals surface area (Å²) in [5.74, 6) is -0.208. The molecule has 1 amide bonds. The Labute approximate surface area is 180 Å². The van der Waals surface area contributed by atoms with Gasteiger partial charge < -0.3 is 14.6 Å². The van der Waals surface area contributed by atoms with E-state index in [1.807, 2.05) is 42.5 Å². The third-order valence-corrected chi connectivity index (χ3v) is 5.68. The van der Waals surface area contributed by atoms with Crippen molar-refractivity contribution < 1.29 is 9.53 Å². The number of benzene rings is 2. The Bertz CT molecular complexity index is 1180. The van der Waals surface area contributed by atoms with Crippen molar-refractivity contribution in [3.63, 3.8) is 0 Å². The number of ether oxygens (including phenoxy) is 1. The average Bonchev–Trinajstić information content (AvgIpc) is 3.46. The largest absolute Gasteiger partial charge is 0.379 e. The van der Waals surface area contributed by atoms with E-state index >= 15 is 0 Å². The van der Waals surface area contributed by atoms with Crippen molar-refractivity contribution in [3.05, 3.63) is 72.6 Å². The summed E-state index contributed by atoms with van der Waals surface area (Å²) in [5, 5.41) is 11.2. The molecule has 0 radical (unpaired) electrons. The van der Waals surface area contributed by atoms with Gasteiger partial charge in [-0.05, 0) is 30.3 Å². The van der Waals surface area contributed by atoms with Crippen LogP contribution in [-0.4, -0.2) is 58.4 Å². The minimum absolute atomic E-state index is 0.208. The number of amides is 1. The van der Waals surface area contributed by atoms with Crippen molar-refractivity contribution >= 4 is 22.5 Å². The van der Waals surface area contributed by atoms with Gasteiger partial charge in [0, 0.05) is 54.5 Å². The number of fused-ring (bicyclic) bond motifs is 1. The molecule has 0 bridgehead atoms. The zero-order valence-electron chi connectivity index (χ0n) is 17.3. The lowest BCUT2D eigenvalue weighted by Gasteiger charge is -2.26. The second-order valence-electron chi connectivity index (χ2n) is 7.72. The number of carbonyl (C=O) groups excluding carboxylic acids is 1. The summed E-state index contributed by atoms with van der Waals surface area (Å²) in [4.78, 5) is 15.1. The second kappa shape index (κ2) is 8.75. The topological polar surface area (TPSA) is 75.2 Å². The molecule has 0 saturated carbocycles. The molecule has 1 saturated heterocycles. The number of nitrogens with one attached hydrogen (secondary N) is 2. The molecule has 31 heavy (non-hydrogen) atoms. The highest BCUT2D eigenvalue weighted by molar-refractivity contribution is 6.04. The van der Waals surface area contributed by atoms with Crippen LogP contribution in [0.1, 0.15) is 10.5 Å². The summed E-state index contributed by atoms with van der Waals surface area (Å²) in [6.07, 6.45) is 2.11. The Morgan fingerprint density at radius 1 is 1.03 bits per heavy atom. The number of nitrogens with zero attached hydrogens (tertiary/aromatic N) is 3. The molecule has 2 aromatic heterocycles. The highest BCUT2D eigenvalue weighted by atomic mass is 16.5. The maximum Gasteiger partial charge on any atom is 0.273 e. The normalized spacial score (nSPS) is 14.7. The Balaban J connectivity index is 1.25. The summed E-state index contributed by atoms with van der Waals surface area (Å²) < 4.78 is 7.68. The summed E-state index contributed by atoms with van der Waals surface area (Å²) in [7, 11) is 0. The van der Waals surface area contributed by atoms with Crippen LogP contribution in [0.5, 0.6) is 0 Å². The number of anilines is 1. The number of H-pyrrole nitrogens is 1. The molecule has 2 N–H and O–H groups in total. The van der Waals surface area contributed by atoms with Gasteiger partial charge >= 0.3 is 0 Å². The molecule has 0 atom stereocenters. The molecule has 0 spiro atoms. The first-order valence-electron chi connectivity index (χ1n) is 10.6. The fourth-order valence-electron chi connectivity index (χ4n) is 3.94. The summed E-state index contributed by atoms with van der Waals surface area (Å²) in [5.41, 5.74) is 4.08. The molecule has 7 heteroatoms. The predicted molar refractivity (Wildman–Crippen MR) is 121 cm³/mol. The highest BCUT2D eigenvalue weighted by Crippen LogP contribution is 2.22. The van der Waals surface area contributed by atoms with Gasteiger partial charge in [-0.1, -0.05) is 30.3 Å². The van der Waals surface area contributed by atoms with Crippen molar-refractivity contribution in [3.8, 4) is 11.3 Å². The Morgan fingerprint density at radius 2 is 1.87 bits per heavy atom. The number of hydrogen-bond donors (Lipinski definition) is 2. The van der Waals surface area contributed by atoms with Crippen LogP contribution >= 0.6 is 0 Å². The molecule has 1 fully saturated rings. The maximum atomic E-state index is 12.7. The fourth-order valence-corrected chi connectivity index (χ4v) is 3.94. The number of hydrogen-bond acceptors (Lipinski definition) is 4. The van der Waals surface area contributed by atoms with E-state index in [1.165, 1.54) is 5.52 Å². The first kappa shape index (κ1) is 19.5. The van der Waals surface area contributed by atoms with Gasteiger partial charge in [0.2, 0.25) is 0 Å². The van der Waals surface area contributed by atoms with Crippen molar-refractivity contribution in [2.45, 2.75) is 6.54 Å². The SMILES string of the molecule is O=C(Nc1ccc2c(ccn2CCN2CCOCC2)c1)c1cc(-c2ccccc2)n[nH]1.